The first kappa shape index (κ1) is 12.5. The van der Waals surface area contributed by atoms with Gasteiger partial charge in [0.25, 0.3) is 0 Å². The minimum Gasteiger partial charge on any atom is -0.507 e. The van der Waals surface area contributed by atoms with Crippen molar-refractivity contribution >= 4 is 11.5 Å². The average molecular weight is 218 g/mol. The minimum absolute atomic E-state index is 0.0213. The van der Waals surface area contributed by atoms with Crippen molar-refractivity contribution in [2.45, 2.75) is 33.1 Å². The molecule has 0 fully saturated rings. The van der Waals surface area contributed by atoms with Gasteiger partial charge in [-0.05, 0) is 17.9 Å². The molecule has 0 unspecified atom stereocenters. The topological polar surface area (TPSA) is 37.3 Å². The van der Waals surface area contributed by atoms with Crippen molar-refractivity contribution in [3.8, 4) is 0 Å². The Morgan fingerprint density at radius 2 is 1.69 bits per heavy atom. The van der Waals surface area contributed by atoms with Crippen LogP contribution in [0.2, 0.25) is 0 Å². The fraction of sp³-hybridized carbons (Fsp3) is 0.357. The van der Waals surface area contributed by atoms with E-state index in [9.17, 15) is 9.90 Å². The highest BCUT2D eigenvalue weighted by molar-refractivity contribution is 5.93. The number of hydrogen-bond donors (Lipinski definition) is 1. The second kappa shape index (κ2) is 4.52. The highest BCUT2D eigenvalue weighted by Gasteiger charge is 2.13. The fourth-order valence-corrected chi connectivity index (χ4v) is 1.42. The third kappa shape index (κ3) is 3.23. The summed E-state index contributed by atoms with van der Waals surface area (Å²) in [6, 6.07) is 7.60. The van der Waals surface area contributed by atoms with Crippen LogP contribution in [0.5, 0.6) is 0 Å². The molecule has 1 rings (SSSR count). The van der Waals surface area contributed by atoms with Crippen molar-refractivity contribution in [1.82, 2.24) is 0 Å². The Hall–Kier alpha value is -1.57. The van der Waals surface area contributed by atoms with Crippen molar-refractivity contribution in [3.05, 3.63) is 41.5 Å². The molecule has 0 radical (unpaired) electrons. The first-order chi connectivity index (χ1) is 7.30. The van der Waals surface area contributed by atoms with E-state index in [4.69, 9.17) is 0 Å². The second-order valence-electron chi connectivity index (χ2n) is 4.97. The number of carbonyl (C=O) groups is 1. The summed E-state index contributed by atoms with van der Waals surface area (Å²) >= 11 is 0. The van der Waals surface area contributed by atoms with E-state index in [1.165, 1.54) is 18.6 Å². The van der Waals surface area contributed by atoms with E-state index < -0.39 is 0 Å². The summed E-state index contributed by atoms with van der Waals surface area (Å²) in [6.07, 6.45) is 1.23. The van der Waals surface area contributed by atoms with E-state index in [1.807, 2.05) is 24.3 Å². The fourth-order valence-electron chi connectivity index (χ4n) is 1.42. The number of ketones is 1. The number of carbonyl (C=O) groups excluding carboxylic acids is 1. The normalized spacial score (nSPS) is 12.6. The number of benzene rings is 1. The van der Waals surface area contributed by atoms with Crippen LogP contribution in [0.25, 0.3) is 5.76 Å². The van der Waals surface area contributed by atoms with Crippen molar-refractivity contribution in [1.29, 1.82) is 0 Å². The van der Waals surface area contributed by atoms with Gasteiger partial charge < -0.3 is 5.11 Å². The number of aliphatic hydroxyl groups is 1. The Morgan fingerprint density at radius 3 is 2.06 bits per heavy atom. The Balaban J connectivity index is 3.00. The summed E-state index contributed by atoms with van der Waals surface area (Å²) in [6.45, 7) is 7.81. The minimum atomic E-state index is -0.155. The maximum absolute atomic E-state index is 10.8. The smallest absolute Gasteiger partial charge is 0.156 e. The van der Waals surface area contributed by atoms with E-state index in [1.54, 1.807) is 0 Å². The summed E-state index contributed by atoms with van der Waals surface area (Å²) in [7, 11) is 0. The Kier molecular flexibility index (Phi) is 3.53. The molecule has 0 amide bonds. The van der Waals surface area contributed by atoms with E-state index in [0.29, 0.717) is 5.56 Å². The number of hydrogen-bond acceptors (Lipinski definition) is 2. The van der Waals surface area contributed by atoms with Crippen molar-refractivity contribution in [2.24, 2.45) is 0 Å². The summed E-state index contributed by atoms with van der Waals surface area (Å²) in [4.78, 5) is 10.8. The molecule has 0 aliphatic heterocycles. The lowest BCUT2D eigenvalue weighted by Gasteiger charge is -2.19. The molecule has 2 heteroatoms. The molecule has 1 aromatic rings. The quantitative estimate of drug-likeness (QED) is 0.609. The van der Waals surface area contributed by atoms with Gasteiger partial charge in [0.1, 0.15) is 5.76 Å². The molecular weight excluding hydrogens is 200 g/mol. The molecule has 86 valence electrons. The summed E-state index contributed by atoms with van der Waals surface area (Å²) in [5.74, 6) is -0.134. The van der Waals surface area contributed by atoms with Gasteiger partial charge in [0.2, 0.25) is 0 Å². The molecule has 0 bridgehead atoms. The van der Waals surface area contributed by atoms with Gasteiger partial charge in [-0.3, -0.25) is 4.79 Å². The molecule has 0 aliphatic carbocycles. The molecule has 0 atom stereocenters. The van der Waals surface area contributed by atoms with E-state index >= 15 is 0 Å². The Bertz CT molecular complexity index is 405. The Labute approximate surface area is 96.6 Å². The predicted molar refractivity (Wildman–Crippen MR) is 66.4 cm³/mol. The SMILES string of the molecule is CC(=O)/C=C(\O)c1ccc(C(C)(C)C)cc1. The van der Waals surface area contributed by atoms with E-state index in [0.717, 1.165) is 0 Å². The van der Waals surface area contributed by atoms with Gasteiger partial charge >= 0.3 is 0 Å². The molecule has 1 N–H and O–H groups in total. The van der Waals surface area contributed by atoms with Gasteiger partial charge in [-0.1, -0.05) is 45.0 Å². The largest absolute Gasteiger partial charge is 0.507 e. The zero-order chi connectivity index (χ0) is 12.3. The first-order valence-electron chi connectivity index (χ1n) is 5.33. The maximum atomic E-state index is 10.8. The highest BCUT2D eigenvalue weighted by Crippen LogP contribution is 2.23. The van der Waals surface area contributed by atoms with E-state index in [2.05, 4.69) is 20.8 Å². The number of aliphatic hydroxyl groups excluding tert-OH is 1. The van der Waals surface area contributed by atoms with Crippen molar-refractivity contribution < 1.29 is 9.90 Å². The van der Waals surface area contributed by atoms with Gasteiger partial charge in [0.15, 0.2) is 5.78 Å². The number of allylic oxidation sites excluding steroid dienone is 1. The summed E-state index contributed by atoms with van der Waals surface area (Å²) in [5, 5.41) is 9.62. The molecule has 2 nitrogen and oxygen atoms in total. The monoisotopic (exact) mass is 218 g/mol. The molecule has 0 spiro atoms. The van der Waals surface area contributed by atoms with Crippen LogP contribution in [0.15, 0.2) is 30.3 Å². The molecular formula is C14H18O2. The average Bonchev–Trinajstić information content (AvgIpc) is 2.15. The van der Waals surface area contributed by atoms with Crippen LogP contribution in [0.4, 0.5) is 0 Å². The second-order valence-corrected chi connectivity index (χ2v) is 4.97. The maximum Gasteiger partial charge on any atom is 0.156 e. The van der Waals surface area contributed by atoms with Gasteiger partial charge in [-0.2, -0.15) is 0 Å². The van der Waals surface area contributed by atoms with Gasteiger partial charge in [0.05, 0.1) is 0 Å². The highest BCUT2D eigenvalue weighted by atomic mass is 16.3. The van der Waals surface area contributed by atoms with Crippen LogP contribution < -0.4 is 0 Å². The van der Waals surface area contributed by atoms with Crippen LogP contribution in [0.3, 0.4) is 0 Å². The van der Waals surface area contributed by atoms with Gasteiger partial charge in [-0.15, -0.1) is 0 Å². The van der Waals surface area contributed by atoms with Crippen LogP contribution in [0.1, 0.15) is 38.8 Å². The zero-order valence-electron chi connectivity index (χ0n) is 10.2. The molecule has 0 saturated carbocycles. The molecule has 16 heavy (non-hydrogen) atoms. The van der Waals surface area contributed by atoms with Crippen LogP contribution in [0, 0.1) is 0 Å². The lowest BCUT2D eigenvalue weighted by atomic mass is 9.86. The number of rotatable bonds is 2. The molecule has 0 heterocycles. The zero-order valence-corrected chi connectivity index (χ0v) is 10.2. The van der Waals surface area contributed by atoms with Crippen LogP contribution in [-0.2, 0) is 10.2 Å². The van der Waals surface area contributed by atoms with Crippen molar-refractivity contribution in [2.75, 3.05) is 0 Å². The van der Waals surface area contributed by atoms with Crippen LogP contribution >= 0.6 is 0 Å². The molecule has 0 aromatic heterocycles. The standard InChI is InChI=1S/C14H18O2/c1-10(15)9-13(16)11-5-7-12(8-6-11)14(2,3)4/h5-9,16H,1-4H3/b13-9-. The predicted octanol–water partition coefficient (Wildman–Crippen LogP) is 3.47. The lowest BCUT2D eigenvalue weighted by molar-refractivity contribution is -0.112. The molecule has 0 aliphatic rings. The van der Waals surface area contributed by atoms with E-state index in [-0.39, 0.29) is 17.0 Å². The van der Waals surface area contributed by atoms with Crippen LogP contribution in [-0.4, -0.2) is 10.9 Å². The first-order valence-corrected chi connectivity index (χ1v) is 5.33. The molecule has 1 aromatic carbocycles. The third-order valence-corrected chi connectivity index (χ3v) is 2.39. The summed E-state index contributed by atoms with van der Waals surface area (Å²) in [5.41, 5.74) is 1.97. The molecule has 0 saturated heterocycles. The van der Waals surface area contributed by atoms with Crippen molar-refractivity contribution in [3.63, 3.8) is 0 Å². The lowest BCUT2D eigenvalue weighted by Crippen LogP contribution is -2.10. The van der Waals surface area contributed by atoms with Gasteiger partial charge in [-0.25, -0.2) is 0 Å². The summed E-state index contributed by atoms with van der Waals surface area (Å²) < 4.78 is 0. The third-order valence-electron chi connectivity index (χ3n) is 2.39. The van der Waals surface area contributed by atoms with Gasteiger partial charge in [0, 0.05) is 11.6 Å². The Morgan fingerprint density at radius 1 is 1.19 bits per heavy atom.